The summed E-state index contributed by atoms with van der Waals surface area (Å²) in [6.07, 6.45) is 5.12. The molecule has 172 valence electrons. The maximum absolute atomic E-state index is 13.3. The van der Waals surface area contributed by atoms with Gasteiger partial charge in [0.25, 0.3) is 0 Å². The van der Waals surface area contributed by atoms with E-state index in [9.17, 15) is 4.79 Å². The number of nitrogens with one attached hydrogen (secondary N) is 1. The monoisotopic (exact) mass is 489 g/mol. The highest BCUT2D eigenvalue weighted by molar-refractivity contribution is 6.61. The highest BCUT2D eigenvalue weighted by Gasteiger charge is 2.54. The molecule has 0 bridgehead atoms. The Morgan fingerprint density at radius 1 is 1.08 bits per heavy atom. The summed E-state index contributed by atoms with van der Waals surface area (Å²) < 4.78 is 1.88. The van der Waals surface area contributed by atoms with Crippen molar-refractivity contribution >= 4 is 68.6 Å². The second-order valence-corrected chi connectivity index (χ2v) is 9.67. The number of rotatable bonds is 7. The molecule has 1 fully saturated rings. The second-order valence-electron chi connectivity index (χ2n) is 9.24. The van der Waals surface area contributed by atoms with Crippen LogP contribution in [0.2, 0.25) is 5.02 Å². The first-order valence-electron chi connectivity index (χ1n) is 11.3. The van der Waals surface area contributed by atoms with E-state index >= 15 is 0 Å². The molecular formula is C22H21B5ClN7O. The van der Waals surface area contributed by atoms with Crippen LogP contribution in [0.5, 0.6) is 0 Å². The van der Waals surface area contributed by atoms with Crippen LogP contribution >= 0.6 is 11.6 Å². The summed E-state index contributed by atoms with van der Waals surface area (Å²) in [5.41, 5.74) is 1.67. The van der Waals surface area contributed by atoms with Gasteiger partial charge in [0.15, 0.2) is 0 Å². The minimum absolute atomic E-state index is 0.182. The van der Waals surface area contributed by atoms with Gasteiger partial charge in [-0.15, -0.1) is 0 Å². The standard InChI is InChI=1S/C22H21B5ClN7O/c1-12(2)18-21(23,24)35(22(25,26)27)20(36)34(18)17-8-9-29-19(32-17)31-13(3)16-10-33(11-30-16)15-6-4-14(28)5-7-15/h4-13,18H,1-3H3,(H,29,31,32)/t13-,18?/m0/s1. The van der Waals surface area contributed by atoms with Crippen molar-refractivity contribution in [2.75, 3.05) is 10.2 Å². The molecule has 1 N–H and O–H groups in total. The molecule has 0 saturated carbocycles. The van der Waals surface area contributed by atoms with Gasteiger partial charge in [0.2, 0.25) is 5.95 Å². The van der Waals surface area contributed by atoms with Crippen LogP contribution in [0.4, 0.5) is 16.6 Å². The predicted molar refractivity (Wildman–Crippen MR) is 145 cm³/mol. The number of halogens is 1. The molecule has 2 amide bonds. The number of hydrogen-bond donors (Lipinski definition) is 1. The molecule has 1 aliphatic heterocycles. The largest absolute Gasteiger partial charge is 0.354 e. The quantitative estimate of drug-likeness (QED) is 0.514. The normalized spacial score (nSPS) is 18.6. The van der Waals surface area contributed by atoms with E-state index in [0.29, 0.717) is 5.02 Å². The van der Waals surface area contributed by atoms with Gasteiger partial charge in [0.05, 0.1) is 57.3 Å². The Hall–Kier alpha value is -2.81. The highest BCUT2D eigenvalue weighted by atomic mass is 35.5. The van der Waals surface area contributed by atoms with E-state index in [0.717, 1.165) is 16.3 Å². The number of hydrogen-bond acceptors (Lipinski definition) is 5. The fourth-order valence-electron chi connectivity index (χ4n) is 4.44. The number of imidazole rings is 1. The molecule has 1 unspecified atom stereocenters. The SMILES string of the molecule is [B]C([B])([B])N1C(=O)N(c2ccnc(N[C@@H](C)c3cn(-c4ccc(Cl)cc4)cn3)n2)C(C(C)C)C1([B])[B]. The molecule has 0 aliphatic carbocycles. The van der Waals surface area contributed by atoms with Crippen LogP contribution in [0, 0.1) is 5.92 Å². The van der Waals surface area contributed by atoms with E-state index in [1.807, 2.05) is 55.8 Å². The van der Waals surface area contributed by atoms with Gasteiger partial charge in [0, 0.05) is 29.1 Å². The summed E-state index contributed by atoms with van der Waals surface area (Å²) >= 11 is 5.98. The molecule has 4 rings (SSSR count). The average molecular weight is 489 g/mol. The van der Waals surface area contributed by atoms with Crippen molar-refractivity contribution in [1.29, 1.82) is 0 Å². The van der Waals surface area contributed by atoms with E-state index in [4.69, 9.17) is 50.8 Å². The molecule has 2 aromatic heterocycles. The molecule has 0 spiro atoms. The van der Waals surface area contributed by atoms with Crippen molar-refractivity contribution in [3.8, 4) is 5.69 Å². The summed E-state index contributed by atoms with van der Waals surface area (Å²) in [6, 6.07) is 7.34. The summed E-state index contributed by atoms with van der Waals surface area (Å²) in [4.78, 5) is 28.9. The molecule has 1 saturated heterocycles. The van der Waals surface area contributed by atoms with E-state index in [2.05, 4.69) is 20.3 Å². The van der Waals surface area contributed by atoms with Crippen molar-refractivity contribution in [2.24, 2.45) is 5.92 Å². The Labute approximate surface area is 222 Å². The molecule has 8 nitrogen and oxygen atoms in total. The number of nitrogens with zero attached hydrogens (tertiary/aromatic N) is 6. The van der Waals surface area contributed by atoms with Gasteiger partial charge in [-0.05, 0) is 48.5 Å². The first-order valence-corrected chi connectivity index (χ1v) is 11.7. The molecular weight excluding hydrogens is 468 g/mol. The molecule has 14 heteroatoms. The Balaban J connectivity index is 1.59. The number of amides is 2. The van der Waals surface area contributed by atoms with E-state index in [-0.39, 0.29) is 23.7 Å². The minimum atomic E-state index is -2.08. The van der Waals surface area contributed by atoms with Crippen LogP contribution in [0.3, 0.4) is 0 Å². The van der Waals surface area contributed by atoms with Gasteiger partial charge < -0.3 is 14.8 Å². The Kier molecular flexibility index (Phi) is 6.99. The summed E-state index contributed by atoms with van der Waals surface area (Å²) in [6.45, 7) is 5.65. The lowest BCUT2D eigenvalue weighted by molar-refractivity contribution is 0.208. The van der Waals surface area contributed by atoms with Crippen LogP contribution in [0.25, 0.3) is 5.69 Å². The molecule has 1 aromatic carbocycles. The highest BCUT2D eigenvalue weighted by Crippen LogP contribution is 2.38. The maximum Gasteiger partial charge on any atom is 0.323 e. The number of carbonyl (C=O) groups excluding carboxylic acids is 1. The molecule has 3 aromatic rings. The molecule has 10 radical (unpaired) electrons. The summed E-state index contributed by atoms with van der Waals surface area (Å²) in [5, 5.41) is 0.0428. The Morgan fingerprint density at radius 2 is 1.75 bits per heavy atom. The zero-order valence-corrected chi connectivity index (χ0v) is 21.0. The van der Waals surface area contributed by atoms with Crippen molar-refractivity contribution in [3.63, 3.8) is 0 Å². The molecule has 1 aliphatic rings. The van der Waals surface area contributed by atoms with Gasteiger partial charge in [-0.3, -0.25) is 4.90 Å². The molecule has 3 heterocycles. The van der Waals surface area contributed by atoms with Gasteiger partial charge in [-0.1, -0.05) is 30.7 Å². The lowest BCUT2D eigenvalue weighted by atomic mass is 9.44. The molecule has 2 atom stereocenters. The van der Waals surface area contributed by atoms with Crippen LogP contribution in [-0.2, 0) is 0 Å². The zero-order chi connectivity index (χ0) is 26.4. The lowest BCUT2D eigenvalue weighted by Crippen LogP contribution is -2.64. The van der Waals surface area contributed by atoms with Gasteiger partial charge in [-0.2, -0.15) is 4.98 Å². The van der Waals surface area contributed by atoms with E-state index in [1.54, 1.807) is 12.4 Å². The summed E-state index contributed by atoms with van der Waals surface area (Å²) in [5.74, 6) is 0.356. The van der Waals surface area contributed by atoms with E-state index in [1.165, 1.54) is 11.1 Å². The van der Waals surface area contributed by atoms with Crippen LogP contribution < -0.4 is 10.2 Å². The summed E-state index contributed by atoms with van der Waals surface area (Å²) in [7, 11) is 30.2. The molecule has 36 heavy (non-hydrogen) atoms. The first kappa shape index (κ1) is 26.3. The Morgan fingerprint density at radius 3 is 2.36 bits per heavy atom. The van der Waals surface area contributed by atoms with Crippen LogP contribution in [0.15, 0.2) is 49.1 Å². The topological polar surface area (TPSA) is 79.2 Å². The number of anilines is 2. The number of benzene rings is 1. The minimum Gasteiger partial charge on any atom is -0.354 e. The lowest BCUT2D eigenvalue weighted by Gasteiger charge is -2.46. The van der Waals surface area contributed by atoms with Crippen LogP contribution in [-0.4, -0.2) is 86.3 Å². The maximum atomic E-state index is 13.3. The second kappa shape index (κ2) is 9.58. The number of urea groups is 1. The fourth-order valence-corrected chi connectivity index (χ4v) is 4.57. The van der Waals surface area contributed by atoms with Crippen LogP contribution in [0.1, 0.15) is 32.5 Å². The number of aromatic nitrogens is 4. The fraction of sp³-hybridized carbons (Fsp3) is 0.364. The van der Waals surface area contributed by atoms with Crippen molar-refractivity contribution in [3.05, 3.63) is 59.8 Å². The number of carbonyl (C=O) groups is 1. The van der Waals surface area contributed by atoms with Crippen molar-refractivity contribution in [1.82, 2.24) is 24.4 Å². The Bertz CT molecular complexity index is 1250. The predicted octanol–water partition coefficient (Wildman–Crippen LogP) is 1.86. The zero-order valence-electron chi connectivity index (χ0n) is 20.2. The third-order valence-electron chi connectivity index (χ3n) is 5.96. The van der Waals surface area contributed by atoms with E-state index < -0.39 is 22.6 Å². The van der Waals surface area contributed by atoms with Crippen molar-refractivity contribution < 1.29 is 4.79 Å². The third-order valence-corrected chi connectivity index (χ3v) is 6.21. The third kappa shape index (κ3) is 4.90. The van der Waals surface area contributed by atoms with Crippen molar-refractivity contribution in [2.45, 2.75) is 43.4 Å². The average Bonchev–Trinajstić information content (AvgIpc) is 3.34. The van der Waals surface area contributed by atoms with Gasteiger partial charge in [-0.25, -0.2) is 14.8 Å². The smallest absolute Gasteiger partial charge is 0.323 e. The first-order chi connectivity index (χ1) is 16.8. The van der Waals surface area contributed by atoms with Gasteiger partial charge in [0.1, 0.15) is 5.82 Å². The van der Waals surface area contributed by atoms with Gasteiger partial charge >= 0.3 is 6.03 Å².